The molecule has 0 spiro atoms. The summed E-state index contributed by atoms with van der Waals surface area (Å²) in [6, 6.07) is 13.9. The van der Waals surface area contributed by atoms with Gasteiger partial charge in [0.25, 0.3) is 0 Å². The van der Waals surface area contributed by atoms with Gasteiger partial charge in [0.15, 0.2) is 12.4 Å². The number of ketones is 1. The number of thioether (sulfide) groups is 1. The summed E-state index contributed by atoms with van der Waals surface area (Å²) in [5, 5.41) is 3.95. The van der Waals surface area contributed by atoms with E-state index < -0.39 is 5.97 Å². The summed E-state index contributed by atoms with van der Waals surface area (Å²) >= 11 is 1.50. The number of hydrogen-bond donors (Lipinski definition) is 0. The summed E-state index contributed by atoms with van der Waals surface area (Å²) in [5.41, 5.74) is 2.73. The van der Waals surface area contributed by atoms with Crippen LogP contribution in [0.4, 0.5) is 0 Å². The minimum Gasteiger partial charge on any atom is -0.494 e. The molecule has 0 saturated carbocycles. The monoisotopic (exact) mass is 425 g/mol. The van der Waals surface area contributed by atoms with Gasteiger partial charge in [0.1, 0.15) is 11.5 Å². The quantitative estimate of drug-likeness (QED) is 0.270. The predicted octanol–water partition coefficient (Wildman–Crippen LogP) is 5.02. The molecule has 0 radical (unpaired) electrons. The lowest BCUT2D eigenvalue weighted by atomic mass is 10.1. The van der Waals surface area contributed by atoms with Crippen molar-refractivity contribution in [3.05, 3.63) is 76.7 Å². The molecule has 0 aliphatic rings. The number of aryl methyl sites for hydroxylation is 2. The van der Waals surface area contributed by atoms with E-state index in [1.54, 1.807) is 36.4 Å². The van der Waals surface area contributed by atoms with E-state index in [-0.39, 0.29) is 12.4 Å². The van der Waals surface area contributed by atoms with Crippen LogP contribution in [0.2, 0.25) is 0 Å². The average Bonchev–Trinajstić information content (AvgIpc) is 3.08. The van der Waals surface area contributed by atoms with Crippen LogP contribution in [-0.2, 0) is 10.5 Å². The van der Waals surface area contributed by atoms with Crippen LogP contribution < -0.4 is 4.74 Å². The van der Waals surface area contributed by atoms with Crippen molar-refractivity contribution in [3.8, 4) is 5.75 Å². The van der Waals surface area contributed by atoms with Crippen molar-refractivity contribution >= 4 is 23.5 Å². The molecule has 0 bridgehead atoms. The molecule has 156 valence electrons. The third-order valence-corrected chi connectivity index (χ3v) is 5.58. The van der Waals surface area contributed by atoms with Gasteiger partial charge in [-0.05, 0) is 57.2 Å². The van der Waals surface area contributed by atoms with E-state index in [0.29, 0.717) is 29.2 Å². The van der Waals surface area contributed by atoms with Crippen LogP contribution in [0.25, 0.3) is 0 Å². The molecule has 2 aromatic carbocycles. The first-order valence-corrected chi connectivity index (χ1v) is 10.5. The molecule has 6 nitrogen and oxygen atoms in total. The van der Waals surface area contributed by atoms with Crippen molar-refractivity contribution in [1.29, 1.82) is 0 Å². The Morgan fingerprint density at radius 3 is 2.47 bits per heavy atom. The summed E-state index contributed by atoms with van der Waals surface area (Å²) in [6.07, 6.45) is 0. The number of hydrogen-bond acceptors (Lipinski definition) is 7. The third kappa shape index (κ3) is 5.30. The van der Waals surface area contributed by atoms with Gasteiger partial charge in [0, 0.05) is 21.8 Å². The van der Waals surface area contributed by atoms with Crippen LogP contribution in [0.5, 0.6) is 5.75 Å². The van der Waals surface area contributed by atoms with Gasteiger partial charge in [-0.15, -0.1) is 11.8 Å². The van der Waals surface area contributed by atoms with E-state index >= 15 is 0 Å². The summed E-state index contributed by atoms with van der Waals surface area (Å²) in [6.45, 7) is 5.87. The topological polar surface area (TPSA) is 78.6 Å². The maximum atomic E-state index is 12.6. The molecule has 0 atom stereocenters. The van der Waals surface area contributed by atoms with Crippen LogP contribution in [0, 0.1) is 13.8 Å². The molecule has 0 fully saturated rings. The lowest BCUT2D eigenvalue weighted by Crippen LogP contribution is -2.15. The fraction of sp³-hybridized carbons (Fsp3) is 0.261. The van der Waals surface area contributed by atoms with Crippen molar-refractivity contribution in [3.63, 3.8) is 0 Å². The highest BCUT2D eigenvalue weighted by molar-refractivity contribution is 7.98. The number of Topliss-reactive ketones (excluding diaryl/α,β-unsaturated/α-hetero) is 1. The number of aromatic nitrogens is 1. The predicted molar refractivity (Wildman–Crippen MR) is 114 cm³/mol. The fourth-order valence-corrected chi connectivity index (χ4v) is 4.01. The minimum atomic E-state index is -0.531. The number of carbonyl (C=O) groups excluding carboxylic acids is 2. The Balaban J connectivity index is 1.62. The summed E-state index contributed by atoms with van der Waals surface area (Å²) in [7, 11) is 0. The lowest BCUT2D eigenvalue weighted by molar-refractivity contribution is 0.0471. The summed E-state index contributed by atoms with van der Waals surface area (Å²) in [5.74, 6) is 1.27. The van der Waals surface area contributed by atoms with E-state index in [1.807, 2.05) is 32.9 Å². The molecule has 0 aliphatic heterocycles. The number of carbonyl (C=O) groups is 2. The van der Waals surface area contributed by atoms with Gasteiger partial charge >= 0.3 is 5.97 Å². The van der Waals surface area contributed by atoms with Crippen molar-refractivity contribution in [2.75, 3.05) is 13.2 Å². The highest BCUT2D eigenvalue weighted by Gasteiger charge is 2.17. The molecule has 3 aromatic rings. The number of rotatable bonds is 9. The van der Waals surface area contributed by atoms with E-state index in [1.165, 1.54) is 11.8 Å². The van der Waals surface area contributed by atoms with Gasteiger partial charge in [0.2, 0.25) is 0 Å². The van der Waals surface area contributed by atoms with Crippen LogP contribution in [0.1, 0.15) is 44.7 Å². The zero-order valence-electron chi connectivity index (χ0n) is 17.1. The highest BCUT2D eigenvalue weighted by Crippen LogP contribution is 2.29. The Bertz CT molecular complexity index is 1010. The molecule has 7 heteroatoms. The Morgan fingerprint density at radius 1 is 1.07 bits per heavy atom. The summed E-state index contributed by atoms with van der Waals surface area (Å²) < 4.78 is 15.8. The normalized spacial score (nSPS) is 10.6. The Morgan fingerprint density at radius 2 is 1.80 bits per heavy atom. The van der Waals surface area contributed by atoms with Crippen LogP contribution in [0.3, 0.4) is 0 Å². The molecular weight excluding hydrogens is 402 g/mol. The van der Waals surface area contributed by atoms with E-state index in [9.17, 15) is 9.59 Å². The zero-order chi connectivity index (χ0) is 21.5. The first-order valence-electron chi connectivity index (χ1n) is 9.56. The SMILES string of the molecule is CCOc1ccc(C(=O)COC(=O)c2ccccc2SCc2c(C)noc2C)cc1. The molecule has 0 N–H and O–H groups in total. The van der Waals surface area contributed by atoms with Crippen LogP contribution in [0.15, 0.2) is 57.9 Å². The molecule has 0 saturated heterocycles. The first kappa shape index (κ1) is 21.6. The highest BCUT2D eigenvalue weighted by atomic mass is 32.2. The Hall–Kier alpha value is -3.06. The molecule has 0 unspecified atom stereocenters. The van der Waals surface area contributed by atoms with Gasteiger partial charge < -0.3 is 14.0 Å². The number of nitrogens with zero attached hydrogens (tertiary/aromatic N) is 1. The number of esters is 1. The van der Waals surface area contributed by atoms with Gasteiger partial charge in [-0.2, -0.15) is 0 Å². The second-order valence-corrected chi connectivity index (χ2v) is 7.56. The molecule has 30 heavy (non-hydrogen) atoms. The maximum Gasteiger partial charge on any atom is 0.339 e. The number of ether oxygens (including phenoxy) is 2. The van der Waals surface area contributed by atoms with E-state index in [0.717, 1.165) is 21.9 Å². The standard InChI is InChI=1S/C23H23NO5S/c1-4-27-18-11-9-17(10-12-18)21(25)13-28-23(26)19-7-5-6-8-22(19)30-14-20-15(2)24-29-16(20)3/h5-12H,4,13-14H2,1-3H3. The van der Waals surface area contributed by atoms with Crippen molar-refractivity contribution < 1.29 is 23.6 Å². The van der Waals surface area contributed by atoms with Crippen LogP contribution >= 0.6 is 11.8 Å². The molecule has 3 rings (SSSR count). The molecule has 0 aliphatic carbocycles. The Kier molecular flexibility index (Phi) is 7.30. The fourth-order valence-electron chi connectivity index (χ4n) is 2.81. The average molecular weight is 426 g/mol. The maximum absolute atomic E-state index is 12.6. The first-order chi connectivity index (χ1) is 14.5. The smallest absolute Gasteiger partial charge is 0.339 e. The van der Waals surface area contributed by atoms with E-state index in [4.69, 9.17) is 14.0 Å². The van der Waals surface area contributed by atoms with Crippen molar-refractivity contribution in [2.24, 2.45) is 0 Å². The second-order valence-electron chi connectivity index (χ2n) is 6.54. The lowest BCUT2D eigenvalue weighted by Gasteiger charge is -2.09. The summed E-state index contributed by atoms with van der Waals surface area (Å²) in [4.78, 5) is 25.7. The minimum absolute atomic E-state index is 0.271. The molecular formula is C23H23NO5S. The molecule has 1 heterocycles. The Labute approximate surface area is 179 Å². The number of benzene rings is 2. The van der Waals surface area contributed by atoms with Gasteiger partial charge in [-0.25, -0.2) is 4.79 Å². The van der Waals surface area contributed by atoms with Crippen molar-refractivity contribution in [1.82, 2.24) is 5.16 Å². The van der Waals surface area contributed by atoms with Crippen molar-refractivity contribution in [2.45, 2.75) is 31.4 Å². The van der Waals surface area contributed by atoms with Crippen LogP contribution in [-0.4, -0.2) is 30.1 Å². The van der Waals surface area contributed by atoms with Gasteiger partial charge in [-0.1, -0.05) is 17.3 Å². The second kappa shape index (κ2) is 10.1. The molecule has 0 amide bonds. The zero-order valence-corrected chi connectivity index (χ0v) is 18.0. The third-order valence-electron chi connectivity index (χ3n) is 4.48. The van der Waals surface area contributed by atoms with E-state index in [2.05, 4.69) is 5.16 Å². The molecule has 1 aromatic heterocycles. The van der Waals surface area contributed by atoms with Gasteiger partial charge in [0.05, 0.1) is 17.9 Å². The largest absolute Gasteiger partial charge is 0.494 e. The van der Waals surface area contributed by atoms with Gasteiger partial charge in [-0.3, -0.25) is 4.79 Å².